The van der Waals surface area contributed by atoms with Crippen LogP contribution in [0.15, 0.2) is 18.2 Å². The molecule has 1 amide bonds. The Labute approximate surface area is 111 Å². The van der Waals surface area contributed by atoms with Gasteiger partial charge in [0.25, 0.3) is 0 Å². The summed E-state index contributed by atoms with van der Waals surface area (Å²) < 4.78 is 5.10. The minimum absolute atomic E-state index is 0.0984. The number of hydrogen-bond donors (Lipinski definition) is 3. The van der Waals surface area contributed by atoms with E-state index in [2.05, 4.69) is 5.32 Å². The minimum Gasteiger partial charge on any atom is -0.505 e. The molecule has 0 saturated carbocycles. The third-order valence-electron chi connectivity index (χ3n) is 2.44. The number of para-hydroxylation sites is 1. The summed E-state index contributed by atoms with van der Waals surface area (Å²) in [5.41, 5.74) is -0.145. The molecule has 0 aromatic heterocycles. The highest BCUT2D eigenvalue weighted by atomic mass is 16.5. The fourth-order valence-corrected chi connectivity index (χ4v) is 1.51. The van der Waals surface area contributed by atoms with Crippen LogP contribution in [-0.4, -0.2) is 35.3 Å². The summed E-state index contributed by atoms with van der Waals surface area (Å²) in [7, 11) is 0. The average Bonchev–Trinajstić information content (AvgIpc) is 2.37. The lowest BCUT2D eigenvalue weighted by Gasteiger charge is -2.09. The van der Waals surface area contributed by atoms with E-state index in [-0.39, 0.29) is 23.6 Å². The zero-order valence-corrected chi connectivity index (χ0v) is 10.7. The van der Waals surface area contributed by atoms with Crippen molar-refractivity contribution in [2.45, 2.75) is 19.8 Å². The Bertz CT molecular complexity index is 458. The van der Waals surface area contributed by atoms with E-state index < -0.39 is 11.7 Å². The molecule has 0 unspecified atom stereocenters. The molecule has 0 spiro atoms. The number of anilines is 1. The van der Waals surface area contributed by atoms with Crippen molar-refractivity contribution < 1.29 is 24.5 Å². The average molecular weight is 267 g/mol. The molecule has 0 bridgehead atoms. The van der Waals surface area contributed by atoms with Gasteiger partial charge < -0.3 is 20.3 Å². The van der Waals surface area contributed by atoms with Gasteiger partial charge in [0.2, 0.25) is 5.91 Å². The number of aromatic carboxylic acids is 1. The Balaban J connectivity index is 2.59. The smallest absolute Gasteiger partial charge is 0.339 e. The lowest BCUT2D eigenvalue weighted by molar-refractivity contribution is -0.116. The van der Waals surface area contributed by atoms with Gasteiger partial charge in [-0.2, -0.15) is 0 Å². The number of aromatic hydroxyl groups is 1. The monoisotopic (exact) mass is 267 g/mol. The first kappa shape index (κ1) is 15.0. The maximum absolute atomic E-state index is 11.6. The maximum atomic E-state index is 11.6. The number of phenols is 1. The normalized spacial score (nSPS) is 10.2. The van der Waals surface area contributed by atoms with Crippen molar-refractivity contribution in [1.82, 2.24) is 0 Å². The van der Waals surface area contributed by atoms with Crippen LogP contribution in [0.2, 0.25) is 0 Å². The zero-order chi connectivity index (χ0) is 14.3. The second-order valence-electron chi connectivity index (χ2n) is 3.86. The highest BCUT2D eigenvalue weighted by molar-refractivity contribution is 5.97. The Kier molecular flexibility index (Phi) is 5.81. The van der Waals surface area contributed by atoms with E-state index in [9.17, 15) is 14.7 Å². The van der Waals surface area contributed by atoms with Crippen molar-refractivity contribution in [3.05, 3.63) is 23.8 Å². The van der Waals surface area contributed by atoms with E-state index in [1.165, 1.54) is 18.2 Å². The molecule has 6 nitrogen and oxygen atoms in total. The highest BCUT2D eigenvalue weighted by Gasteiger charge is 2.14. The topological polar surface area (TPSA) is 95.9 Å². The number of carboxylic acids is 1. The number of carbonyl (C=O) groups excluding carboxylic acids is 1. The van der Waals surface area contributed by atoms with E-state index >= 15 is 0 Å². The van der Waals surface area contributed by atoms with Crippen molar-refractivity contribution in [3.63, 3.8) is 0 Å². The summed E-state index contributed by atoms with van der Waals surface area (Å²) in [4.78, 5) is 22.4. The summed E-state index contributed by atoms with van der Waals surface area (Å²) in [6.07, 6.45) is 0.815. The second kappa shape index (κ2) is 7.38. The first-order valence-electron chi connectivity index (χ1n) is 5.99. The van der Waals surface area contributed by atoms with Gasteiger partial charge in [-0.1, -0.05) is 6.07 Å². The van der Waals surface area contributed by atoms with Gasteiger partial charge in [0.15, 0.2) is 5.75 Å². The quantitative estimate of drug-likeness (QED) is 0.517. The number of rotatable bonds is 7. The number of benzene rings is 1. The first-order valence-corrected chi connectivity index (χ1v) is 5.99. The second-order valence-corrected chi connectivity index (χ2v) is 3.86. The van der Waals surface area contributed by atoms with Gasteiger partial charge in [-0.05, 0) is 25.5 Å². The fraction of sp³-hybridized carbons (Fsp3) is 0.385. The van der Waals surface area contributed by atoms with Crippen LogP contribution in [0, 0.1) is 0 Å². The van der Waals surface area contributed by atoms with Crippen molar-refractivity contribution >= 4 is 17.6 Å². The number of ether oxygens (including phenoxy) is 1. The lowest BCUT2D eigenvalue weighted by Crippen LogP contribution is -2.13. The SMILES string of the molecule is CCOCCCC(=O)Nc1cccc(C(=O)O)c1O. The lowest BCUT2D eigenvalue weighted by atomic mass is 10.1. The summed E-state index contributed by atoms with van der Waals surface area (Å²) >= 11 is 0. The molecule has 0 atom stereocenters. The Hall–Kier alpha value is -2.08. The van der Waals surface area contributed by atoms with Crippen LogP contribution in [0.3, 0.4) is 0 Å². The number of amides is 1. The van der Waals surface area contributed by atoms with E-state index in [0.717, 1.165) is 0 Å². The van der Waals surface area contributed by atoms with E-state index in [0.29, 0.717) is 19.6 Å². The van der Waals surface area contributed by atoms with Gasteiger partial charge in [-0.25, -0.2) is 4.79 Å². The third-order valence-corrected chi connectivity index (χ3v) is 2.44. The molecule has 3 N–H and O–H groups in total. The van der Waals surface area contributed by atoms with Crippen LogP contribution in [0.25, 0.3) is 0 Å². The maximum Gasteiger partial charge on any atom is 0.339 e. The summed E-state index contributed by atoms with van der Waals surface area (Å²) in [5.74, 6) is -1.98. The van der Waals surface area contributed by atoms with Crippen molar-refractivity contribution in [2.75, 3.05) is 18.5 Å². The van der Waals surface area contributed by atoms with Gasteiger partial charge in [-0.15, -0.1) is 0 Å². The van der Waals surface area contributed by atoms with Gasteiger partial charge in [0.05, 0.1) is 5.69 Å². The molecule has 0 aliphatic carbocycles. The minimum atomic E-state index is -1.25. The predicted octanol–water partition coefficient (Wildman–Crippen LogP) is 1.85. The molecule has 0 aliphatic rings. The third kappa shape index (κ3) is 4.59. The molecule has 0 fully saturated rings. The molecule has 6 heteroatoms. The van der Waals surface area contributed by atoms with Gasteiger partial charge in [0.1, 0.15) is 5.56 Å². The van der Waals surface area contributed by atoms with Crippen LogP contribution >= 0.6 is 0 Å². The first-order chi connectivity index (χ1) is 9.06. The zero-order valence-electron chi connectivity index (χ0n) is 10.7. The Morgan fingerprint density at radius 2 is 2.11 bits per heavy atom. The number of carbonyl (C=O) groups is 2. The van der Waals surface area contributed by atoms with Crippen LogP contribution in [0.4, 0.5) is 5.69 Å². The molecular formula is C13H17NO5. The molecule has 1 aromatic carbocycles. The molecule has 1 rings (SSSR count). The van der Waals surface area contributed by atoms with Gasteiger partial charge in [-0.3, -0.25) is 4.79 Å². The molecule has 0 saturated heterocycles. The van der Waals surface area contributed by atoms with E-state index in [1.807, 2.05) is 6.92 Å². The van der Waals surface area contributed by atoms with E-state index in [1.54, 1.807) is 0 Å². The molecule has 104 valence electrons. The highest BCUT2D eigenvalue weighted by Crippen LogP contribution is 2.27. The molecular weight excluding hydrogens is 250 g/mol. The van der Waals surface area contributed by atoms with Crippen molar-refractivity contribution in [1.29, 1.82) is 0 Å². The predicted molar refractivity (Wildman–Crippen MR) is 69.4 cm³/mol. The molecule has 0 heterocycles. The molecule has 19 heavy (non-hydrogen) atoms. The fourth-order valence-electron chi connectivity index (χ4n) is 1.51. The van der Waals surface area contributed by atoms with Gasteiger partial charge >= 0.3 is 5.97 Å². The Morgan fingerprint density at radius 3 is 2.74 bits per heavy atom. The van der Waals surface area contributed by atoms with Crippen LogP contribution in [-0.2, 0) is 9.53 Å². The molecule has 0 aliphatic heterocycles. The van der Waals surface area contributed by atoms with E-state index in [4.69, 9.17) is 9.84 Å². The van der Waals surface area contributed by atoms with Gasteiger partial charge in [0, 0.05) is 19.6 Å². The summed E-state index contributed by atoms with van der Waals surface area (Å²) in [6.45, 7) is 2.96. The summed E-state index contributed by atoms with van der Waals surface area (Å²) in [6, 6.07) is 4.17. The number of nitrogens with one attached hydrogen (secondary N) is 1. The summed E-state index contributed by atoms with van der Waals surface area (Å²) in [5, 5.41) is 21.0. The molecule has 0 radical (unpaired) electrons. The van der Waals surface area contributed by atoms with Crippen molar-refractivity contribution in [3.8, 4) is 5.75 Å². The largest absolute Gasteiger partial charge is 0.505 e. The number of hydrogen-bond acceptors (Lipinski definition) is 4. The van der Waals surface area contributed by atoms with Crippen molar-refractivity contribution in [2.24, 2.45) is 0 Å². The Morgan fingerprint density at radius 1 is 1.37 bits per heavy atom. The van der Waals surface area contributed by atoms with Crippen LogP contribution in [0.1, 0.15) is 30.1 Å². The molecule has 1 aromatic rings. The van der Waals surface area contributed by atoms with Crippen LogP contribution < -0.4 is 5.32 Å². The number of carboxylic acid groups (broad SMARTS) is 1. The standard InChI is InChI=1S/C13H17NO5/c1-2-19-8-4-7-11(15)14-10-6-3-5-9(12(10)16)13(17)18/h3,5-6,16H,2,4,7-8H2,1H3,(H,14,15)(H,17,18). The van der Waals surface area contributed by atoms with Crippen LogP contribution in [0.5, 0.6) is 5.75 Å².